The van der Waals surface area contributed by atoms with Gasteiger partial charge in [-0.3, -0.25) is 9.69 Å². The van der Waals surface area contributed by atoms with Crippen molar-refractivity contribution < 1.29 is 14.3 Å². The van der Waals surface area contributed by atoms with Crippen LogP contribution in [0.4, 0.5) is 0 Å². The van der Waals surface area contributed by atoms with E-state index in [1.54, 1.807) is 18.6 Å². The molecule has 2 aromatic rings. The molecule has 0 aliphatic carbocycles. The number of hydrogen-bond acceptors (Lipinski definition) is 4. The van der Waals surface area contributed by atoms with Gasteiger partial charge in [0.15, 0.2) is 5.78 Å². The molecule has 4 nitrogen and oxygen atoms in total. The van der Waals surface area contributed by atoms with Crippen LogP contribution in [0, 0.1) is 0 Å². The van der Waals surface area contributed by atoms with Crippen molar-refractivity contribution in [3.8, 4) is 5.75 Å². The monoisotopic (exact) mass is 293 g/mol. The summed E-state index contributed by atoms with van der Waals surface area (Å²) < 4.78 is 5.02. The highest BCUT2D eigenvalue weighted by atomic mass is 35.5. The van der Waals surface area contributed by atoms with E-state index in [1.165, 1.54) is 13.0 Å². The standard InChI is InChI=1S/C15H16ClNO3/c1-10(18)14-6-13(16)5-12(15(14)19)8-17(2)7-11-3-4-20-9-11/h3-6,9,19H,7-8H2,1-2H3. The number of furan rings is 1. The second-order valence-electron chi connectivity index (χ2n) is 4.82. The average molecular weight is 294 g/mol. The maximum Gasteiger partial charge on any atom is 0.163 e. The predicted molar refractivity (Wildman–Crippen MR) is 77.0 cm³/mol. The molecule has 2 rings (SSSR count). The summed E-state index contributed by atoms with van der Waals surface area (Å²) in [6.45, 7) is 2.57. The lowest BCUT2D eigenvalue weighted by atomic mass is 10.1. The molecule has 0 saturated carbocycles. The first-order valence-electron chi connectivity index (χ1n) is 6.19. The first-order valence-corrected chi connectivity index (χ1v) is 6.57. The van der Waals surface area contributed by atoms with Gasteiger partial charge in [-0.2, -0.15) is 0 Å². The first-order chi connectivity index (χ1) is 9.47. The van der Waals surface area contributed by atoms with Gasteiger partial charge in [-0.15, -0.1) is 0 Å². The second-order valence-corrected chi connectivity index (χ2v) is 5.26. The van der Waals surface area contributed by atoms with Gasteiger partial charge in [0.2, 0.25) is 0 Å². The first kappa shape index (κ1) is 14.6. The number of ketones is 1. The smallest absolute Gasteiger partial charge is 0.163 e. The van der Waals surface area contributed by atoms with E-state index in [9.17, 15) is 9.90 Å². The number of hydrogen-bond donors (Lipinski definition) is 1. The van der Waals surface area contributed by atoms with Crippen LogP contribution in [0.25, 0.3) is 0 Å². The molecule has 1 heterocycles. The maximum atomic E-state index is 11.5. The number of nitrogens with zero attached hydrogens (tertiary/aromatic N) is 1. The van der Waals surface area contributed by atoms with Crippen LogP contribution in [-0.4, -0.2) is 22.8 Å². The van der Waals surface area contributed by atoms with Gasteiger partial charge < -0.3 is 9.52 Å². The molecule has 0 aliphatic rings. The number of phenols is 1. The Morgan fingerprint density at radius 1 is 1.40 bits per heavy atom. The number of phenolic OH excluding ortho intramolecular Hbond substituents is 1. The summed E-state index contributed by atoms with van der Waals surface area (Å²) in [5.74, 6) is -0.204. The predicted octanol–water partition coefficient (Wildman–Crippen LogP) is 3.47. The molecule has 20 heavy (non-hydrogen) atoms. The Labute approximate surface area is 122 Å². The Kier molecular flexibility index (Phi) is 4.47. The van der Waals surface area contributed by atoms with E-state index in [-0.39, 0.29) is 17.1 Å². The van der Waals surface area contributed by atoms with Gasteiger partial charge in [0.05, 0.1) is 18.1 Å². The van der Waals surface area contributed by atoms with Crippen LogP contribution in [-0.2, 0) is 13.1 Å². The lowest BCUT2D eigenvalue weighted by molar-refractivity contribution is 0.101. The van der Waals surface area contributed by atoms with Crippen molar-refractivity contribution in [2.75, 3.05) is 7.05 Å². The summed E-state index contributed by atoms with van der Waals surface area (Å²) in [5.41, 5.74) is 1.93. The molecule has 0 amide bonds. The molecule has 0 radical (unpaired) electrons. The number of carbonyl (C=O) groups is 1. The molecule has 5 heteroatoms. The fourth-order valence-corrected chi connectivity index (χ4v) is 2.33. The average Bonchev–Trinajstić information content (AvgIpc) is 2.85. The molecule has 106 valence electrons. The van der Waals surface area contributed by atoms with E-state index in [0.29, 0.717) is 23.7 Å². The zero-order chi connectivity index (χ0) is 14.7. The summed E-state index contributed by atoms with van der Waals surface area (Å²) in [6.07, 6.45) is 3.29. The molecule has 1 aromatic heterocycles. The van der Waals surface area contributed by atoms with Crippen LogP contribution < -0.4 is 0 Å². The number of aromatic hydroxyl groups is 1. The van der Waals surface area contributed by atoms with Crippen molar-refractivity contribution in [1.82, 2.24) is 4.90 Å². The van der Waals surface area contributed by atoms with Crippen LogP contribution in [0.3, 0.4) is 0 Å². The zero-order valence-corrected chi connectivity index (χ0v) is 12.1. The van der Waals surface area contributed by atoms with Gasteiger partial charge in [-0.1, -0.05) is 11.6 Å². The third-order valence-electron chi connectivity index (χ3n) is 3.01. The Morgan fingerprint density at radius 2 is 2.15 bits per heavy atom. The second kappa shape index (κ2) is 6.11. The number of rotatable bonds is 5. The van der Waals surface area contributed by atoms with Crippen LogP contribution in [0.5, 0.6) is 5.75 Å². The minimum atomic E-state index is -0.205. The van der Waals surface area contributed by atoms with Crippen molar-refractivity contribution in [2.24, 2.45) is 0 Å². The molecule has 0 aliphatic heterocycles. The highest BCUT2D eigenvalue weighted by molar-refractivity contribution is 6.31. The van der Waals surface area contributed by atoms with E-state index >= 15 is 0 Å². The van der Waals surface area contributed by atoms with Crippen molar-refractivity contribution in [2.45, 2.75) is 20.0 Å². The number of Topliss-reactive ketones (excluding diaryl/α,β-unsaturated/α-hetero) is 1. The van der Waals surface area contributed by atoms with E-state index in [4.69, 9.17) is 16.0 Å². The molecule has 0 bridgehead atoms. The Bertz CT molecular complexity index is 608. The molecule has 0 unspecified atom stereocenters. The summed E-state index contributed by atoms with van der Waals surface area (Å²) in [7, 11) is 1.92. The van der Waals surface area contributed by atoms with Crippen molar-refractivity contribution in [3.63, 3.8) is 0 Å². The zero-order valence-electron chi connectivity index (χ0n) is 11.4. The van der Waals surface area contributed by atoms with E-state index in [0.717, 1.165) is 5.56 Å². The molecule has 0 saturated heterocycles. The fourth-order valence-electron chi connectivity index (χ4n) is 2.09. The minimum Gasteiger partial charge on any atom is -0.507 e. The number of halogens is 1. The lowest BCUT2D eigenvalue weighted by Gasteiger charge is -2.17. The van der Waals surface area contributed by atoms with Gasteiger partial charge in [-0.05, 0) is 32.2 Å². The van der Waals surface area contributed by atoms with Crippen molar-refractivity contribution in [1.29, 1.82) is 0 Å². The van der Waals surface area contributed by atoms with Gasteiger partial charge in [0.25, 0.3) is 0 Å². The third-order valence-corrected chi connectivity index (χ3v) is 3.22. The molecular formula is C15H16ClNO3. The van der Waals surface area contributed by atoms with E-state index in [1.807, 2.05) is 18.0 Å². The van der Waals surface area contributed by atoms with Gasteiger partial charge in [0, 0.05) is 29.2 Å². The van der Waals surface area contributed by atoms with Gasteiger partial charge in [0.1, 0.15) is 5.75 Å². The number of carbonyl (C=O) groups excluding carboxylic acids is 1. The van der Waals surface area contributed by atoms with Crippen LogP contribution in [0.15, 0.2) is 35.1 Å². The molecule has 0 fully saturated rings. The largest absolute Gasteiger partial charge is 0.507 e. The highest BCUT2D eigenvalue weighted by Crippen LogP contribution is 2.28. The van der Waals surface area contributed by atoms with Crippen molar-refractivity contribution in [3.05, 3.63) is 52.4 Å². The maximum absolute atomic E-state index is 11.5. The molecule has 1 N–H and O–H groups in total. The minimum absolute atomic E-state index is 0.000874. The van der Waals surface area contributed by atoms with E-state index < -0.39 is 0 Å². The quantitative estimate of drug-likeness (QED) is 0.858. The Morgan fingerprint density at radius 3 is 2.75 bits per heavy atom. The topological polar surface area (TPSA) is 53.7 Å². The van der Waals surface area contributed by atoms with Crippen LogP contribution in [0.2, 0.25) is 5.02 Å². The van der Waals surface area contributed by atoms with Crippen molar-refractivity contribution >= 4 is 17.4 Å². The molecule has 0 atom stereocenters. The molecule has 0 spiro atoms. The van der Waals surface area contributed by atoms with Gasteiger partial charge >= 0.3 is 0 Å². The highest BCUT2D eigenvalue weighted by Gasteiger charge is 2.14. The van der Waals surface area contributed by atoms with E-state index in [2.05, 4.69) is 0 Å². The SMILES string of the molecule is CC(=O)c1cc(Cl)cc(CN(C)Cc2ccoc2)c1O. The Hall–Kier alpha value is -1.78. The molecule has 1 aromatic carbocycles. The van der Waals surface area contributed by atoms with Crippen LogP contribution >= 0.6 is 11.6 Å². The summed E-state index contributed by atoms with van der Waals surface area (Å²) >= 11 is 6.00. The summed E-state index contributed by atoms with van der Waals surface area (Å²) in [6, 6.07) is 5.04. The van der Waals surface area contributed by atoms with Crippen LogP contribution in [0.1, 0.15) is 28.4 Å². The molecular weight excluding hydrogens is 278 g/mol. The fraction of sp³-hybridized carbons (Fsp3) is 0.267. The lowest BCUT2D eigenvalue weighted by Crippen LogP contribution is -2.17. The van der Waals surface area contributed by atoms with Gasteiger partial charge in [-0.25, -0.2) is 0 Å². The summed E-state index contributed by atoms with van der Waals surface area (Å²) in [4.78, 5) is 13.5. The normalized spacial score (nSPS) is 11.0. The summed E-state index contributed by atoms with van der Waals surface area (Å²) in [5, 5.41) is 10.6. The Balaban J connectivity index is 2.18. The number of benzene rings is 1. The third kappa shape index (κ3) is 3.40.